The predicted molar refractivity (Wildman–Crippen MR) is 114 cm³/mol. The van der Waals surface area contributed by atoms with E-state index in [-0.39, 0.29) is 48.8 Å². The summed E-state index contributed by atoms with van der Waals surface area (Å²) in [6.07, 6.45) is 0. The van der Waals surface area contributed by atoms with Crippen LogP contribution in [0.4, 0.5) is 5.82 Å². The zero-order valence-electron chi connectivity index (χ0n) is 17.1. The van der Waals surface area contributed by atoms with Crippen LogP contribution >= 0.6 is 23.2 Å². The Bertz CT molecular complexity index is 1180. The minimum Gasteiger partial charge on any atom is -0.482 e. The smallest absolute Gasteiger partial charge is 0.390 e. The summed E-state index contributed by atoms with van der Waals surface area (Å²) in [5, 5.41) is 24.1. The van der Waals surface area contributed by atoms with Gasteiger partial charge in [-0.3, -0.25) is 9.59 Å². The SMILES string of the molecule is Cc1cc([N+](=O)[O-])nn1Cc1noc(C(=O)NCCNC(=O)COc2ccc(Cl)cc2Cl)n1. The van der Waals surface area contributed by atoms with Gasteiger partial charge in [0, 0.05) is 18.1 Å². The van der Waals surface area contributed by atoms with E-state index in [4.69, 9.17) is 32.5 Å². The van der Waals surface area contributed by atoms with Gasteiger partial charge in [0.25, 0.3) is 5.91 Å². The summed E-state index contributed by atoms with van der Waals surface area (Å²) >= 11 is 11.8. The second-order valence-corrected chi connectivity index (χ2v) is 7.39. The molecule has 174 valence electrons. The van der Waals surface area contributed by atoms with Crippen LogP contribution in [-0.4, -0.2) is 56.4 Å². The van der Waals surface area contributed by atoms with Gasteiger partial charge >= 0.3 is 17.6 Å². The van der Waals surface area contributed by atoms with Crippen molar-refractivity contribution in [1.29, 1.82) is 0 Å². The lowest BCUT2D eigenvalue weighted by molar-refractivity contribution is -0.389. The average Bonchev–Trinajstić information content (AvgIpc) is 3.38. The Labute approximate surface area is 196 Å². The van der Waals surface area contributed by atoms with Crippen molar-refractivity contribution in [3.05, 3.63) is 61.8 Å². The van der Waals surface area contributed by atoms with E-state index in [9.17, 15) is 19.7 Å². The summed E-state index contributed by atoms with van der Waals surface area (Å²) in [7, 11) is 0. The van der Waals surface area contributed by atoms with E-state index < -0.39 is 16.7 Å². The normalized spacial score (nSPS) is 10.6. The van der Waals surface area contributed by atoms with Gasteiger partial charge in [-0.2, -0.15) is 9.67 Å². The number of aryl methyl sites for hydroxylation is 1. The first kappa shape index (κ1) is 23.9. The highest BCUT2D eigenvalue weighted by Gasteiger charge is 2.19. The fraction of sp³-hybridized carbons (Fsp3) is 0.278. The second kappa shape index (κ2) is 10.7. The molecule has 2 N–H and O–H groups in total. The maximum Gasteiger partial charge on any atom is 0.390 e. The maximum atomic E-state index is 12.1. The van der Waals surface area contributed by atoms with Gasteiger partial charge in [0.05, 0.1) is 21.9 Å². The molecular formula is C18H17Cl2N7O6. The largest absolute Gasteiger partial charge is 0.482 e. The molecule has 1 aromatic carbocycles. The molecule has 3 aromatic rings. The summed E-state index contributed by atoms with van der Waals surface area (Å²) in [4.78, 5) is 38.1. The summed E-state index contributed by atoms with van der Waals surface area (Å²) in [5.74, 6) is -1.23. The molecule has 0 radical (unpaired) electrons. The highest BCUT2D eigenvalue weighted by Crippen LogP contribution is 2.27. The number of halogens is 2. The molecule has 3 rings (SSSR count). The Morgan fingerprint density at radius 2 is 2.00 bits per heavy atom. The Hall–Kier alpha value is -3.71. The summed E-state index contributed by atoms with van der Waals surface area (Å²) in [5.41, 5.74) is 0.524. The number of nitro groups is 1. The van der Waals surface area contributed by atoms with Gasteiger partial charge in [-0.25, -0.2) is 0 Å². The first-order chi connectivity index (χ1) is 15.7. The number of nitrogens with zero attached hydrogens (tertiary/aromatic N) is 5. The van der Waals surface area contributed by atoms with Crippen LogP contribution in [0.5, 0.6) is 5.75 Å². The monoisotopic (exact) mass is 497 g/mol. The molecule has 2 amide bonds. The fourth-order valence-electron chi connectivity index (χ4n) is 2.53. The highest BCUT2D eigenvalue weighted by molar-refractivity contribution is 6.35. The summed E-state index contributed by atoms with van der Waals surface area (Å²) < 4.78 is 11.5. The molecule has 0 saturated heterocycles. The van der Waals surface area contributed by atoms with Crippen LogP contribution < -0.4 is 15.4 Å². The fourth-order valence-corrected chi connectivity index (χ4v) is 2.99. The number of hydrogen-bond acceptors (Lipinski definition) is 9. The molecule has 2 aromatic heterocycles. The average molecular weight is 498 g/mol. The summed E-state index contributed by atoms with van der Waals surface area (Å²) in [6, 6.07) is 5.93. The van der Waals surface area contributed by atoms with Crippen molar-refractivity contribution in [2.45, 2.75) is 13.5 Å². The number of aromatic nitrogens is 4. The quantitative estimate of drug-likeness (QED) is 0.240. The van der Waals surface area contributed by atoms with Gasteiger partial charge in [0.1, 0.15) is 12.3 Å². The lowest BCUT2D eigenvalue weighted by atomic mass is 10.3. The van der Waals surface area contributed by atoms with E-state index in [0.29, 0.717) is 16.5 Å². The number of carbonyl (C=O) groups excluding carboxylic acids is 2. The van der Waals surface area contributed by atoms with Crippen molar-refractivity contribution in [3.8, 4) is 5.75 Å². The number of amides is 2. The van der Waals surface area contributed by atoms with Crippen molar-refractivity contribution in [1.82, 2.24) is 30.6 Å². The van der Waals surface area contributed by atoms with Crippen LogP contribution in [0.1, 0.15) is 22.2 Å². The number of hydrogen-bond donors (Lipinski definition) is 2. The zero-order chi connectivity index (χ0) is 24.0. The Balaban J connectivity index is 1.40. The minimum atomic E-state index is -0.643. The molecular weight excluding hydrogens is 481 g/mol. The van der Waals surface area contributed by atoms with E-state index in [2.05, 4.69) is 25.9 Å². The van der Waals surface area contributed by atoms with Gasteiger partial charge in [-0.15, -0.1) is 0 Å². The van der Waals surface area contributed by atoms with Crippen LogP contribution in [0.25, 0.3) is 0 Å². The van der Waals surface area contributed by atoms with Crippen LogP contribution in [0.3, 0.4) is 0 Å². The molecule has 33 heavy (non-hydrogen) atoms. The van der Waals surface area contributed by atoms with Crippen molar-refractivity contribution in [2.24, 2.45) is 0 Å². The molecule has 0 aliphatic carbocycles. The predicted octanol–water partition coefficient (Wildman–Crippen LogP) is 1.76. The number of rotatable bonds is 10. The van der Waals surface area contributed by atoms with Gasteiger partial charge in [0.15, 0.2) is 12.4 Å². The van der Waals surface area contributed by atoms with Crippen LogP contribution in [0.15, 0.2) is 28.8 Å². The molecule has 2 heterocycles. The maximum absolute atomic E-state index is 12.1. The van der Waals surface area contributed by atoms with Gasteiger partial charge < -0.3 is 30.0 Å². The van der Waals surface area contributed by atoms with E-state index in [1.807, 2.05) is 0 Å². The highest BCUT2D eigenvalue weighted by atomic mass is 35.5. The molecule has 0 bridgehead atoms. The summed E-state index contributed by atoms with van der Waals surface area (Å²) in [6.45, 7) is 1.57. The number of nitrogens with one attached hydrogen (secondary N) is 2. The molecule has 15 heteroatoms. The number of ether oxygens (including phenoxy) is 1. The van der Waals surface area contributed by atoms with Crippen LogP contribution in [0.2, 0.25) is 10.0 Å². The first-order valence-electron chi connectivity index (χ1n) is 9.37. The molecule has 0 unspecified atom stereocenters. The van der Waals surface area contributed by atoms with Gasteiger partial charge in [-0.1, -0.05) is 28.4 Å². The Morgan fingerprint density at radius 3 is 2.70 bits per heavy atom. The van der Waals surface area contributed by atoms with Gasteiger partial charge in [0.2, 0.25) is 0 Å². The number of carbonyl (C=O) groups is 2. The van der Waals surface area contributed by atoms with Gasteiger partial charge in [-0.05, 0) is 30.0 Å². The molecule has 0 saturated carbocycles. The molecule has 0 spiro atoms. The molecule has 0 aliphatic heterocycles. The third-order valence-electron chi connectivity index (χ3n) is 4.09. The topological polar surface area (TPSA) is 167 Å². The van der Waals surface area contributed by atoms with E-state index >= 15 is 0 Å². The van der Waals surface area contributed by atoms with Crippen LogP contribution in [0, 0.1) is 17.0 Å². The molecule has 0 fully saturated rings. The lowest BCUT2D eigenvalue weighted by Crippen LogP contribution is -2.36. The van der Waals surface area contributed by atoms with E-state index in [1.54, 1.807) is 19.1 Å². The number of benzene rings is 1. The minimum absolute atomic E-state index is 0.00978. The van der Waals surface area contributed by atoms with E-state index in [1.165, 1.54) is 16.8 Å². The molecule has 0 aliphatic rings. The van der Waals surface area contributed by atoms with Crippen LogP contribution in [-0.2, 0) is 11.3 Å². The van der Waals surface area contributed by atoms with Crippen molar-refractivity contribution < 1.29 is 23.8 Å². The molecule has 13 nitrogen and oxygen atoms in total. The zero-order valence-corrected chi connectivity index (χ0v) is 18.6. The molecule has 0 atom stereocenters. The van der Waals surface area contributed by atoms with E-state index in [0.717, 1.165) is 0 Å². The Morgan fingerprint density at radius 1 is 1.24 bits per heavy atom. The standard InChI is InChI=1S/C18H17Cl2N7O6/c1-10-6-15(27(30)31)24-26(10)8-14-23-18(33-25-14)17(29)22-5-4-21-16(28)9-32-13-3-2-11(19)7-12(13)20/h2-3,6-7H,4-5,8-9H2,1H3,(H,21,28)(H,22,29). The Kier molecular flexibility index (Phi) is 7.79. The third-order valence-corrected chi connectivity index (χ3v) is 4.62. The van der Waals surface area contributed by atoms with Crippen molar-refractivity contribution >= 4 is 40.8 Å². The van der Waals surface area contributed by atoms with Crippen molar-refractivity contribution in [2.75, 3.05) is 19.7 Å². The first-order valence-corrected chi connectivity index (χ1v) is 10.1. The third kappa shape index (κ3) is 6.63. The lowest BCUT2D eigenvalue weighted by Gasteiger charge is -2.09. The second-order valence-electron chi connectivity index (χ2n) is 6.54. The van der Waals surface area contributed by atoms with Crippen molar-refractivity contribution in [3.63, 3.8) is 0 Å².